The first kappa shape index (κ1) is 29.6. The van der Waals surface area contributed by atoms with E-state index in [-0.39, 0.29) is 18.5 Å². The molecule has 0 amide bonds. The molecule has 1 aliphatic heterocycles. The molecular weight excluding hydrogens is 663 g/mol. The highest BCUT2D eigenvalue weighted by Gasteiger charge is 2.32. The molecule has 3 unspecified atom stereocenters. The minimum atomic E-state index is -0.0351. The van der Waals surface area contributed by atoms with Gasteiger partial charge in [0, 0.05) is 57.7 Å². The van der Waals surface area contributed by atoms with Crippen molar-refractivity contribution in [3.05, 3.63) is 161 Å². The standard InChI is InChI=1S/C45H33N3OS2/c1-2-9-26(10-3-1)43-46-44(48-45(47-43)29-19-22-41-36(24-29)33-12-5-6-15-39(33)50-41)28-18-21-37-35(23-28)31-20-17-27(25-38(31)49-37)30-13-8-14-34-32-11-4-7-16-40(32)51-42(30)34/h1-17,19-20,22-25,43-48H,18,21H2. The first-order valence-corrected chi connectivity index (χ1v) is 19.3. The van der Waals surface area contributed by atoms with Crippen LogP contribution < -0.4 is 16.0 Å². The van der Waals surface area contributed by atoms with Crippen LogP contribution in [-0.2, 0) is 6.42 Å². The van der Waals surface area contributed by atoms with Crippen LogP contribution in [0.5, 0.6) is 0 Å². The lowest BCUT2D eigenvalue weighted by Crippen LogP contribution is -2.59. The highest BCUT2D eigenvalue weighted by atomic mass is 32.1. The van der Waals surface area contributed by atoms with Crippen LogP contribution in [0.3, 0.4) is 0 Å². The van der Waals surface area contributed by atoms with Gasteiger partial charge in [-0.25, -0.2) is 0 Å². The van der Waals surface area contributed by atoms with E-state index in [4.69, 9.17) is 4.42 Å². The van der Waals surface area contributed by atoms with E-state index in [2.05, 4.69) is 155 Å². The largest absolute Gasteiger partial charge is 0.460 e. The van der Waals surface area contributed by atoms with Crippen molar-refractivity contribution in [1.29, 1.82) is 0 Å². The monoisotopic (exact) mass is 695 g/mol. The molecule has 246 valence electrons. The van der Waals surface area contributed by atoms with Gasteiger partial charge in [0.2, 0.25) is 0 Å². The summed E-state index contributed by atoms with van der Waals surface area (Å²) in [5, 5.41) is 18.2. The van der Waals surface area contributed by atoms with Gasteiger partial charge < -0.3 is 4.42 Å². The highest BCUT2D eigenvalue weighted by molar-refractivity contribution is 7.26. The lowest BCUT2D eigenvalue weighted by molar-refractivity contribution is 0.220. The SMILES string of the molecule is C1=C(C2NC(c3ccccc3)NC(c3ccc4sc5ccccc5c4c3)N2)CCc2oc3cc(-c4cccc5c4sc4ccccc45)ccc3c21. The van der Waals surface area contributed by atoms with Gasteiger partial charge in [-0.15, -0.1) is 22.7 Å². The normalized spacial score (nSPS) is 19.3. The summed E-state index contributed by atoms with van der Waals surface area (Å²) in [4.78, 5) is 0. The van der Waals surface area contributed by atoms with Crippen LogP contribution in [0, 0.1) is 0 Å². The molecule has 2 aliphatic rings. The number of fused-ring (bicyclic) bond motifs is 9. The van der Waals surface area contributed by atoms with Gasteiger partial charge in [-0.2, -0.15) is 0 Å². The van der Waals surface area contributed by atoms with Crippen LogP contribution in [-0.4, -0.2) is 6.17 Å². The summed E-state index contributed by atoms with van der Waals surface area (Å²) in [6, 6.07) is 48.5. The Morgan fingerprint density at radius 2 is 1.22 bits per heavy atom. The Bertz CT molecular complexity index is 2830. The van der Waals surface area contributed by atoms with Crippen LogP contribution in [0.1, 0.15) is 41.2 Å². The molecule has 51 heavy (non-hydrogen) atoms. The predicted molar refractivity (Wildman–Crippen MR) is 215 cm³/mol. The molecule has 6 aromatic carbocycles. The summed E-state index contributed by atoms with van der Waals surface area (Å²) in [6.07, 6.45) is 4.11. The Hall–Kier alpha value is -5.08. The number of aryl methyl sites for hydroxylation is 1. The molecule has 0 bridgehead atoms. The molecule has 1 saturated heterocycles. The molecule has 1 aliphatic carbocycles. The smallest absolute Gasteiger partial charge is 0.135 e. The number of furan rings is 1. The predicted octanol–water partition coefficient (Wildman–Crippen LogP) is 11.7. The van der Waals surface area contributed by atoms with Gasteiger partial charge in [0.1, 0.15) is 11.3 Å². The van der Waals surface area contributed by atoms with Crippen molar-refractivity contribution >= 4 is 80.1 Å². The molecule has 11 rings (SSSR count). The number of rotatable bonds is 4. The Morgan fingerprint density at radius 1 is 0.510 bits per heavy atom. The molecule has 0 radical (unpaired) electrons. The lowest BCUT2D eigenvalue weighted by Gasteiger charge is -2.41. The first-order valence-electron chi connectivity index (χ1n) is 17.6. The van der Waals surface area contributed by atoms with Crippen LogP contribution in [0.4, 0.5) is 0 Å². The van der Waals surface area contributed by atoms with E-state index in [0.717, 1.165) is 24.2 Å². The van der Waals surface area contributed by atoms with Crippen molar-refractivity contribution in [2.75, 3.05) is 0 Å². The summed E-state index contributed by atoms with van der Waals surface area (Å²) >= 11 is 3.73. The number of nitrogens with one attached hydrogen (secondary N) is 3. The van der Waals surface area contributed by atoms with Crippen LogP contribution in [0.2, 0.25) is 0 Å². The van der Waals surface area contributed by atoms with Gasteiger partial charge >= 0.3 is 0 Å². The Balaban J connectivity index is 0.962. The zero-order chi connectivity index (χ0) is 33.5. The summed E-state index contributed by atoms with van der Waals surface area (Å²) in [6.45, 7) is 0. The fraction of sp³-hybridized carbons (Fsp3) is 0.111. The Kier molecular flexibility index (Phi) is 6.82. The third-order valence-electron chi connectivity index (χ3n) is 10.7. The fourth-order valence-corrected chi connectivity index (χ4v) is 10.5. The average Bonchev–Trinajstić information content (AvgIpc) is 3.88. The van der Waals surface area contributed by atoms with E-state index < -0.39 is 0 Å². The number of thiophene rings is 2. The molecule has 4 heterocycles. The van der Waals surface area contributed by atoms with Gasteiger partial charge in [0.05, 0.1) is 18.5 Å². The van der Waals surface area contributed by atoms with E-state index in [1.807, 2.05) is 22.7 Å². The molecule has 4 nitrogen and oxygen atoms in total. The third kappa shape index (κ3) is 4.90. The summed E-state index contributed by atoms with van der Waals surface area (Å²) in [7, 11) is 0. The minimum Gasteiger partial charge on any atom is -0.460 e. The van der Waals surface area contributed by atoms with Crippen molar-refractivity contribution in [3.63, 3.8) is 0 Å². The number of hydrogen-bond acceptors (Lipinski definition) is 6. The maximum atomic E-state index is 6.62. The van der Waals surface area contributed by atoms with Crippen molar-refractivity contribution < 1.29 is 4.42 Å². The molecule has 1 fully saturated rings. The molecule has 3 N–H and O–H groups in total. The molecular formula is C45H33N3OS2. The molecule has 6 heteroatoms. The molecule has 3 atom stereocenters. The van der Waals surface area contributed by atoms with E-state index in [9.17, 15) is 0 Å². The summed E-state index contributed by atoms with van der Waals surface area (Å²) in [5.74, 6) is 1.07. The van der Waals surface area contributed by atoms with Crippen LogP contribution in [0.25, 0.3) is 68.5 Å². The zero-order valence-corrected chi connectivity index (χ0v) is 29.3. The molecule has 0 spiro atoms. The average molecular weight is 696 g/mol. The summed E-state index contributed by atoms with van der Waals surface area (Å²) in [5.41, 5.74) is 8.43. The van der Waals surface area contributed by atoms with Crippen molar-refractivity contribution in [3.8, 4) is 11.1 Å². The summed E-state index contributed by atoms with van der Waals surface area (Å²) < 4.78 is 11.9. The number of benzene rings is 6. The van der Waals surface area contributed by atoms with Crippen molar-refractivity contribution in [2.45, 2.75) is 31.3 Å². The van der Waals surface area contributed by atoms with E-state index >= 15 is 0 Å². The molecule has 9 aromatic rings. The second kappa shape index (κ2) is 11.7. The number of hydrogen-bond donors (Lipinski definition) is 3. The highest BCUT2D eigenvalue weighted by Crippen LogP contribution is 2.42. The Morgan fingerprint density at radius 3 is 2.08 bits per heavy atom. The van der Waals surface area contributed by atoms with Gasteiger partial charge in [0.25, 0.3) is 0 Å². The quantitative estimate of drug-likeness (QED) is 0.172. The molecule has 3 aromatic heterocycles. The van der Waals surface area contributed by atoms with E-state index in [1.165, 1.54) is 79.1 Å². The zero-order valence-electron chi connectivity index (χ0n) is 27.7. The lowest BCUT2D eigenvalue weighted by atomic mass is 9.92. The second-order valence-corrected chi connectivity index (χ2v) is 15.8. The van der Waals surface area contributed by atoms with Crippen LogP contribution >= 0.6 is 22.7 Å². The van der Waals surface area contributed by atoms with Gasteiger partial charge in [-0.05, 0) is 76.7 Å². The van der Waals surface area contributed by atoms with E-state index in [0.29, 0.717) is 0 Å². The van der Waals surface area contributed by atoms with Gasteiger partial charge in [-0.3, -0.25) is 16.0 Å². The fourth-order valence-electron chi connectivity index (χ4n) is 8.21. The van der Waals surface area contributed by atoms with E-state index in [1.54, 1.807) is 0 Å². The van der Waals surface area contributed by atoms with Gasteiger partial charge in [-0.1, -0.05) is 97.1 Å². The molecule has 0 saturated carbocycles. The topological polar surface area (TPSA) is 49.2 Å². The van der Waals surface area contributed by atoms with Crippen LogP contribution in [0.15, 0.2) is 143 Å². The van der Waals surface area contributed by atoms with Gasteiger partial charge in [0.15, 0.2) is 0 Å². The third-order valence-corrected chi connectivity index (χ3v) is 13.1. The Labute approximate surface area is 303 Å². The minimum absolute atomic E-state index is 0.0140. The first-order chi connectivity index (χ1) is 25.2. The second-order valence-electron chi connectivity index (χ2n) is 13.7. The maximum Gasteiger partial charge on any atom is 0.135 e. The van der Waals surface area contributed by atoms with Crippen molar-refractivity contribution in [1.82, 2.24) is 16.0 Å². The van der Waals surface area contributed by atoms with Crippen molar-refractivity contribution in [2.24, 2.45) is 0 Å². The maximum absolute atomic E-state index is 6.62.